The third kappa shape index (κ3) is 2.37. The van der Waals surface area contributed by atoms with E-state index in [-0.39, 0.29) is 0 Å². The second kappa shape index (κ2) is 5.64. The standard InChI is InChI=1S/C18H17N2O2/c1-4-20-17-8-6-5-7-15(17)16-11-14(9-10-18(16)20)12(2)19-22-13(3)21/h6-11H,4H2,1-3H3. The minimum atomic E-state index is -0.419. The molecule has 0 fully saturated rings. The first kappa shape index (κ1) is 14.3. The highest BCUT2D eigenvalue weighted by Gasteiger charge is 2.10. The molecular weight excluding hydrogens is 276 g/mol. The Kier molecular flexibility index (Phi) is 3.67. The normalized spacial score (nSPS) is 12.0. The second-order valence-electron chi connectivity index (χ2n) is 5.18. The molecule has 111 valence electrons. The number of rotatable bonds is 3. The molecule has 0 N–H and O–H groups in total. The molecule has 0 saturated heterocycles. The smallest absolute Gasteiger partial charge is 0.331 e. The molecule has 1 aromatic heterocycles. The molecule has 1 heterocycles. The van der Waals surface area contributed by atoms with Crippen LogP contribution < -0.4 is 0 Å². The molecule has 0 saturated carbocycles. The SMILES string of the molecule is CCn1c2cc[c]cc2c2cc(C(C)=NOC(C)=O)ccc21. The van der Waals surface area contributed by atoms with Crippen LogP contribution in [0.3, 0.4) is 0 Å². The monoisotopic (exact) mass is 293 g/mol. The average Bonchev–Trinajstić information content (AvgIpc) is 2.85. The summed E-state index contributed by atoms with van der Waals surface area (Å²) in [5, 5.41) is 6.18. The van der Waals surface area contributed by atoms with Gasteiger partial charge in [0.15, 0.2) is 0 Å². The lowest BCUT2D eigenvalue weighted by Crippen LogP contribution is -1.99. The zero-order chi connectivity index (χ0) is 15.7. The van der Waals surface area contributed by atoms with Gasteiger partial charge in [-0.25, -0.2) is 4.79 Å². The van der Waals surface area contributed by atoms with Crippen LogP contribution in [-0.2, 0) is 16.2 Å². The summed E-state index contributed by atoms with van der Waals surface area (Å²) in [7, 11) is 0. The van der Waals surface area contributed by atoms with Gasteiger partial charge in [0.1, 0.15) is 0 Å². The molecule has 1 radical (unpaired) electrons. The van der Waals surface area contributed by atoms with E-state index in [4.69, 9.17) is 4.84 Å². The molecule has 4 heteroatoms. The summed E-state index contributed by atoms with van der Waals surface area (Å²) >= 11 is 0. The number of fused-ring (bicyclic) bond motifs is 3. The Labute approximate surface area is 129 Å². The molecule has 0 atom stereocenters. The number of hydrogen-bond acceptors (Lipinski definition) is 3. The van der Waals surface area contributed by atoms with Gasteiger partial charge in [-0.3, -0.25) is 0 Å². The van der Waals surface area contributed by atoms with Gasteiger partial charge < -0.3 is 9.40 Å². The van der Waals surface area contributed by atoms with Crippen LogP contribution in [0.15, 0.2) is 41.6 Å². The van der Waals surface area contributed by atoms with Crippen LogP contribution >= 0.6 is 0 Å². The molecule has 4 nitrogen and oxygen atoms in total. The van der Waals surface area contributed by atoms with Crippen LogP contribution in [0, 0.1) is 6.07 Å². The van der Waals surface area contributed by atoms with Crippen LogP contribution in [0.25, 0.3) is 21.8 Å². The highest BCUT2D eigenvalue weighted by Crippen LogP contribution is 2.29. The number of benzene rings is 2. The van der Waals surface area contributed by atoms with E-state index in [1.807, 2.05) is 25.1 Å². The number of oxime groups is 1. The van der Waals surface area contributed by atoms with Gasteiger partial charge in [-0.15, -0.1) is 0 Å². The molecule has 22 heavy (non-hydrogen) atoms. The Balaban J connectivity index is 2.20. The Morgan fingerprint density at radius 2 is 2.00 bits per heavy atom. The highest BCUT2D eigenvalue weighted by molar-refractivity contribution is 6.11. The fourth-order valence-corrected chi connectivity index (χ4v) is 2.74. The lowest BCUT2D eigenvalue weighted by atomic mass is 10.1. The Morgan fingerprint density at radius 3 is 2.73 bits per heavy atom. The van der Waals surface area contributed by atoms with Crippen molar-refractivity contribution in [3.63, 3.8) is 0 Å². The van der Waals surface area contributed by atoms with E-state index in [0.29, 0.717) is 5.71 Å². The quantitative estimate of drug-likeness (QED) is 0.417. The maximum absolute atomic E-state index is 10.9. The Hall–Kier alpha value is -2.62. The van der Waals surface area contributed by atoms with E-state index < -0.39 is 5.97 Å². The van der Waals surface area contributed by atoms with Crippen molar-refractivity contribution < 1.29 is 9.63 Å². The highest BCUT2D eigenvalue weighted by atomic mass is 16.7. The Morgan fingerprint density at radius 1 is 1.23 bits per heavy atom. The van der Waals surface area contributed by atoms with Crippen molar-refractivity contribution in [3.8, 4) is 0 Å². The van der Waals surface area contributed by atoms with E-state index in [1.165, 1.54) is 23.3 Å². The predicted octanol–water partition coefficient (Wildman–Crippen LogP) is 3.90. The average molecular weight is 293 g/mol. The van der Waals surface area contributed by atoms with Gasteiger partial charge in [0.25, 0.3) is 0 Å². The topological polar surface area (TPSA) is 43.6 Å². The van der Waals surface area contributed by atoms with E-state index in [0.717, 1.165) is 17.5 Å². The van der Waals surface area contributed by atoms with Crippen molar-refractivity contribution >= 4 is 33.5 Å². The first-order chi connectivity index (χ1) is 10.6. The van der Waals surface area contributed by atoms with Gasteiger partial charge in [-0.1, -0.05) is 17.3 Å². The lowest BCUT2D eigenvalue weighted by molar-refractivity contribution is -0.140. The van der Waals surface area contributed by atoms with Crippen LogP contribution in [0.1, 0.15) is 26.3 Å². The van der Waals surface area contributed by atoms with Crippen molar-refractivity contribution in [3.05, 3.63) is 48.0 Å². The van der Waals surface area contributed by atoms with Crippen molar-refractivity contribution in [2.75, 3.05) is 0 Å². The third-order valence-corrected chi connectivity index (χ3v) is 3.75. The number of carbonyl (C=O) groups is 1. The zero-order valence-electron chi connectivity index (χ0n) is 12.9. The molecule has 0 unspecified atom stereocenters. The minimum absolute atomic E-state index is 0.419. The molecule has 3 rings (SSSR count). The second-order valence-corrected chi connectivity index (χ2v) is 5.18. The molecule has 0 aliphatic heterocycles. The van der Waals surface area contributed by atoms with Gasteiger partial charge in [-0.2, -0.15) is 0 Å². The molecule has 0 aliphatic carbocycles. The van der Waals surface area contributed by atoms with Gasteiger partial charge in [0, 0.05) is 35.3 Å². The number of hydrogen-bond donors (Lipinski definition) is 0. The summed E-state index contributed by atoms with van der Waals surface area (Å²) in [4.78, 5) is 15.6. The summed E-state index contributed by atoms with van der Waals surface area (Å²) < 4.78 is 2.28. The van der Waals surface area contributed by atoms with E-state index in [2.05, 4.69) is 40.9 Å². The van der Waals surface area contributed by atoms with Crippen LogP contribution in [0.2, 0.25) is 0 Å². The third-order valence-electron chi connectivity index (χ3n) is 3.75. The van der Waals surface area contributed by atoms with Crippen molar-refractivity contribution in [2.45, 2.75) is 27.3 Å². The fraction of sp³-hybridized carbons (Fsp3) is 0.222. The number of aromatic nitrogens is 1. The summed E-state index contributed by atoms with van der Waals surface area (Å²) in [5.74, 6) is -0.419. The molecule has 0 aliphatic rings. The number of aryl methyl sites for hydroxylation is 1. The molecular formula is C18H17N2O2. The predicted molar refractivity (Wildman–Crippen MR) is 87.9 cm³/mol. The number of carbonyl (C=O) groups excluding carboxylic acids is 1. The molecule has 0 spiro atoms. The summed E-state index contributed by atoms with van der Waals surface area (Å²) in [6, 6.07) is 15.3. The molecule has 3 aromatic rings. The van der Waals surface area contributed by atoms with E-state index in [9.17, 15) is 4.79 Å². The van der Waals surface area contributed by atoms with Crippen LogP contribution in [0.5, 0.6) is 0 Å². The van der Waals surface area contributed by atoms with Crippen molar-refractivity contribution in [1.82, 2.24) is 4.57 Å². The van der Waals surface area contributed by atoms with E-state index >= 15 is 0 Å². The molecule has 0 amide bonds. The van der Waals surface area contributed by atoms with Gasteiger partial charge in [0.2, 0.25) is 0 Å². The van der Waals surface area contributed by atoms with E-state index in [1.54, 1.807) is 0 Å². The van der Waals surface area contributed by atoms with Crippen LogP contribution in [0.4, 0.5) is 0 Å². The summed E-state index contributed by atoms with van der Waals surface area (Å²) in [6.45, 7) is 6.21. The minimum Gasteiger partial charge on any atom is -0.341 e. The van der Waals surface area contributed by atoms with Gasteiger partial charge in [0.05, 0.1) is 5.71 Å². The first-order valence-electron chi connectivity index (χ1n) is 7.26. The maximum Gasteiger partial charge on any atom is 0.331 e. The summed E-state index contributed by atoms with van der Waals surface area (Å²) in [5.41, 5.74) is 3.99. The van der Waals surface area contributed by atoms with Crippen molar-refractivity contribution in [1.29, 1.82) is 0 Å². The first-order valence-corrected chi connectivity index (χ1v) is 7.26. The van der Waals surface area contributed by atoms with Crippen LogP contribution in [-0.4, -0.2) is 16.2 Å². The van der Waals surface area contributed by atoms with Gasteiger partial charge >= 0.3 is 5.97 Å². The van der Waals surface area contributed by atoms with Gasteiger partial charge in [-0.05, 0) is 49.7 Å². The largest absolute Gasteiger partial charge is 0.341 e. The number of nitrogens with zero attached hydrogens (tertiary/aromatic N) is 2. The Bertz CT molecular complexity index is 891. The molecule has 0 bridgehead atoms. The maximum atomic E-state index is 10.9. The van der Waals surface area contributed by atoms with Crippen molar-refractivity contribution in [2.24, 2.45) is 5.16 Å². The molecule has 2 aromatic carbocycles. The summed E-state index contributed by atoms with van der Waals surface area (Å²) in [6.07, 6.45) is 0. The zero-order valence-corrected chi connectivity index (χ0v) is 12.9. The lowest BCUT2D eigenvalue weighted by Gasteiger charge is -2.04. The fourth-order valence-electron chi connectivity index (χ4n) is 2.74.